The lowest BCUT2D eigenvalue weighted by molar-refractivity contribution is -0.137. The molecule has 18 heavy (non-hydrogen) atoms. The van der Waals surface area contributed by atoms with Crippen molar-refractivity contribution in [2.45, 2.75) is 38.8 Å². The molecule has 2 unspecified atom stereocenters. The number of rotatable bonds is 4. The maximum absolute atomic E-state index is 12.2. The highest BCUT2D eigenvalue weighted by atomic mass is 16.5. The Balaban J connectivity index is 2.58. The third kappa shape index (κ3) is 3.87. The molecule has 6 nitrogen and oxygen atoms in total. The van der Waals surface area contributed by atoms with Gasteiger partial charge in [-0.05, 0) is 13.3 Å². The Kier molecular flexibility index (Phi) is 5.40. The summed E-state index contributed by atoms with van der Waals surface area (Å²) in [5.41, 5.74) is 0. The highest BCUT2D eigenvalue weighted by Gasteiger charge is 2.31. The summed E-state index contributed by atoms with van der Waals surface area (Å²) >= 11 is 0. The quantitative estimate of drug-likeness (QED) is 0.817. The van der Waals surface area contributed by atoms with Crippen LogP contribution in [0.2, 0.25) is 0 Å². The third-order valence-corrected chi connectivity index (χ3v) is 3.17. The van der Waals surface area contributed by atoms with Crippen LogP contribution in [-0.2, 0) is 9.53 Å². The van der Waals surface area contributed by atoms with Crippen LogP contribution in [-0.4, -0.2) is 65.8 Å². The van der Waals surface area contributed by atoms with Crippen molar-refractivity contribution in [3.8, 4) is 0 Å². The molecule has 2 amide bonds. The lowest BCUT2D eigenvalue weighted by Gasteiger charge is -2.40. The second-order valence-corrected chi connectivity index (χ2v) is 4.71. The van der Waals surface area contributed by atoms with E-state index in [9.17, 15) is 9.59 Å². The zero-order valence-electron chi connectivity index (χ0n) is 11.3. The van der Waals surface area contributed by atoms with Crippen LogP contribution < -0.4 is 0 Å². The molecule has 0 radical (unpaired) electrons. The van der Waals surface area contributed by atoms with E-state index in [2.05, 4.69) is 0 Å². The van der Waals surface area contributed by atoms with E-state index in [-0.39, 0.29) is 31.1 Å². The van der Waals surface area contributed by atoms with Crippen LogP contribution in [0.25, 0.3) is 0 Å². The van der Waals surface area contributed by atoms with Gasteiger partial charge in [0, 0.05) is 20.1 Å². The maximum Gasteiger partial charge on any atom is 0.320 e. The smallest absolute Gasteiger partial charge is 0.320 e. The highest BCUT2D eigenvalue weighted by molar-refractivity contribution is 5.75. The first-order valence-corrected chi connectivity index (χ1v) is 6.30. The average Bonchev–Trinajstić information content (AvgIpc) is 2.34. The van der Waals surface area contributed by atoms with E-state index in [0.717, 1.165) is 6.42 Å². The van der Waals surface area contributed by atoms with E-state index in [1.807, 2.05) is 13.8 Å². The van der Waals surface area contributed by atoms with Gasteiger partial charge in [0.2, 0.25) is 0 Å². The number of carboxylic acid groups (broad SMARTS) is 1. The summed E-state index contributed by atoms with van der Waals surface area (Å²) in [4.78, 5) is 26.0. The van der Waals surface area contributed by atoms with Crippen molar-refractivity contribution in [2.24, 2.45) is 0 Å². The van der Waals surface area contributed by atoms with Gasteiger partial charge >= 0.3 is 12.0 Å². The van der Waals surface area contributed by atoms with Gasteiger partial charge in [0.25, 0.3) is 0 Å². The van der Waals surface area contributed by atoms with Crippen molar-refractivity contribution in [2.75, 3.05) is 26.7 Å². The Morgan fingerprint density at radius 3 is 2.72 bits per heavy atom. The number of aliphatic carboxylic acids is 1. The Morgan fingerprint density at radius 2 is 2.17 bits per heavy atom. The summed E-state index contributed by atoms with van der Waals surface area (Å²) in [5, 5.41) is 8.62. The number of nitrogens with zero attached hydrogens (tertiary/aromatic N) is 2. The van der Waals surface area contributed by atoms with Gasteiger partial charge < -0.3 is 19.6 Å². The summed E-state index contributed by atoms with van der Waals surface area (Å²) in [6, 6.07) is -0.0285. The van der Waals surface area contributed by atoms with Gasteiger partial charge in [-0.1, -0.05) is 6.92 Å². The molecule has 2 atom stereocenters. The van der Waals surface area contributed by atoms with E-state index in [1.165, 1.54) is 4.90 Å². The lowest BCUT2D eigenvalue weighted by atomic mass is 10.1. The second-order valence-electron chi connectivity index (χ2n) is 4.71. The SMILES string of the molecule is CCC1COC(C)CN1C(=O)N(C)CCC(=O)O. The molecule has 104 valence electrons. The fourth-order valence-corrected chi connectivity index (χ4v) is 1.99. The minimum atomic E-state index is -0.892. The van der Waals surface area contributed by atoms with Crippen molar-refractivity contribution in [1.82, 2.24) is 9.80 Å². The number of hydrogen-bond acceptors (Lipinski definition) is 3. The molecule has 6 heteroatoms. The van der Waals surface area contributed by atoms with Crippen molar-refractivity contribution in [1.29, 1.82) is 0 Å². The molecule has 1 heterocycles. The minimum Gasteiger partial charge on any atom is -0.481 e. The molecule has 1 rings (SSSR count). The van der Waals surface area contributed by atoms with Crippen LogP contribution in [0.1, 0.15) is 26.7 Å². The van der Waals surface area contributed by atoms with Crippen LogP contribution in [0.3, 0.4) is 0 Å². The predicted molar refractivity (Wildman–Crippen MR) is 66.5 cm³/mol. The molecule has 1 fully saturated rings. The first-order valence-electron chi connectivity index (χ1n) is 6.30. The van der Waals surface area contributed by atoms with Gasteiger partial charge in [-0.2, -0.15) is 0 Å². The normalized spacial score (nSPS) is 23.8. The standard InChI is InChI=1S/C12H22N2O4/c1-4-10-8-18-9(2)7-14(10)12(17)13(3)6-5-11(15)16/h9-10H,4-8H2,1-3H3,(H,15,16). The summed E-state index contributed by atoms with van der Waals surface area (Å²) in [5.74, 6) is -0.892. The fourth-order valence-electron chi connectivity index (χ4n) is 1.99. The first-order chi connectivity index (χ1) is 8.45. The van der Waals surface area contributed by atoms with E-state index >= 15 is 0 Å². The summed E-state index contributed by atoms with van der Waals surface area (Å²) < 4.78 is 5.53. The zero-order valence-corrected chi connectivity index (χ0v) is 11.3. The molecule has 1 aliphatic rings. The number of hydrogen-bond donors (Lipinski definition) is 1. The first kappa shape index (κ1) is 14.8. The van der Waals surface area contributed by atoms with Gasteiger partial charge in [0.05, 0.1) is 25.2 Å². The van der Waals surface area contributed by atoms with Crippen LogP contribution in [0.4, 0.5) is 4.79 Å². The molecule has 0 aromatic heterocycles. The van der Waals surface area contributed by atoms with Gasteiger partial charge in [-0.3, -0.25) is 4.79 Å². The summed E-state index contributed by atoms with van der Waals surface area (Å²) in [6.07, 6.45) is 0.842. The van der Waals surface area contributed by atoms with Crippen LogP contribution in [0, 0.1) is 0 Å². The van der Waals surface area contributed by atoms with Gasteiger partial charge in [0.1, 0.15) is 0 Å². The number of morpholine rings is 1. The Hall–Kier alpha value is -1.30. The molecule has 1 aliphatic heterocycles. The van der Waals surface area contributed by atoms with Gasteiger partial charge in [-0.15, -0.1) is 0 Å². The van der Waals surface area contributed by atoms with Gasteiger partial charge in [0.15, 0.2) is 0 Å². The van der Waals surface area contributed by atoms with Crippen molar-refractivity contribution in [3.05, 3.63) is 0 Å². The largest absolute Gasteiger partial charge is 0.481 e. The average molecular weight is 258 g/mol. The molecule has 0 aromatic carbocycles. The molecular weight excluding hydrogens is 236 g/mol. The Bertz CT molecular complexity index is 308. The number of amides is 2. The molecule has 0 saturated carbocycles. The summed E-state index contributed by atoms with van der Waals surface area (Å²) in [6.45, 7) is 5.30. The maximum atomic E-state index is 12.2. The van der Waals surface area contributed by atoms with Crippen LogP contribution in [0.15, 0.2) is 0 Å². The number of carbonyl (C=O) groups is 2. The molecular formula is C12H22N2O4. The van der Waals surface area contributed by atoms with E-state index in [0.29, 0.717) is 13.2 Å². The molecule has 0 aromatic rings. The Morgan fingerprint density at radius 1 is 1.50 bits per heavy atom. The monoisotopic (exact) mass is 258 g/mol. The van der Waals surface area contributed by atoms with E-state index < -0.39 is 5.97 Å². The predicted octanol–water partition coefficient (Wildman–Crippen LogP) is 1.01. The minimum absolute atomic E-state index is 0.0288. The van der Waals surface area contributed by atoms with Crippen molar-refractivity contribution in [3.63, 3.8) is 0 Å². The number of ether oxygens (including phenoxy) is 1. The molecule has 0 bridgehead atoms. The lowest BCUT2D eigenvalue weighted by Crippen LogP contribution is -2.55. The van der Waals surface area contributed by atoms with E-state index in [4.69, 9.17) is 9.84 Å². The van der Waals surface area contributed by atoms with Crippen molar-refractivity contribution < 1.29 is 19.4 Å². The summed E-state index contributed by atoms with van der Waals surface area (Å²) in [7, 11) is 1.64. The topological polar surface area (TPSA) is 70.1 Å². The highest BCUT2D eigenvalue weighted by Crippen LogP contribution is 2.16. The van der Waals surface area contributed by atoms with Crippen molar-refractivity contribution >= 4 is 12.0 Å². The van der Waals surface area contributed by atoms with Crippen LogP contribution >= 0.6 is 0 Å². The number of carbonyl (C=O) groups excluding carboxylic acids is 1. The molecule has 0 spiro atoms. The molecule has 1 N–H and O–H groups in total. The van der Waals surface area contributed by atoms with E-state index in [1.54, 1.807) is 11.9 Å². The number of urea groups is 1. The van der Waals surface area contributed by atoms with Crippen LogP contribution in [0.5, 0.6) is 0 Å². The van der Waals surface area contributed by atoms with Gasteiger partial charge in [-0.25, -0.2) is 4.79 Å². The fraction of sp³-hybridized carbons (Fsp3) is 0.833. The Labute approximate surface area is 107 Å². The molecule has 0 aliphatic carbocycles. The third-order valence-electron chi connectivity index (χ3n) is 3.17. The second kappa shape index (κ2) is 6.58. The number of carboxylic acids is 1. The molecule has 1 saturated heterocycles. The zero-order chi connectivity index (χ0) is 13.7.